The predicted octanol–water partition coefficient (Wildman–Crippen LogP) is 6.02. The first-order valence-electron chi connectivity index (χ1n) is 11.9. The van der Waals surface area contributed by atoms with E-state index in [1.54, 1.807) is 17.7 Å². The SMILES string of the molecule is C[C@@H](Oc1cc(Br)cnc1[N+](=O)[O-])c1cc(F)ccc1-c1nn(C)cc1Cc1cnn(CC2(C)CC2)c1. The van der Waals surface area contributed by atoms with Crippen LogP contribution in [0.5, 0.6) is 5.75 Å². The van der Waals surface area contributed by atoms with Gasteiger partial charge in [-0.1, -0.05) is 6.92 Å². The highest BCUT2D eigenvalue weighted by Crippen LogP contribution is 2.46. The Morgan fingerprint density at radius 2 is 2.05 bits per heavy atom. The maximum Gasteiger partial charge on any atom is 0.406 e. The van der Waals surface area contributed by atoms with E-state index in [1.807, 2.05) is 24.1 Å². The van der Waals surface area contributed by atoms with Crippen LogP contribution in [0.1, 0.15) is 49.5 Å². The average molecular weight is 569 g/mol. The number of benzene rings is 1. The van der Waals surface area contributed by atoms with Gasteiger partial charge in [0, 0.05) is 55.2 Å². The smallest absolute Gasteiger partial charge is 0.406 e. The lowest BCUT2D eigenvalue weighted by Crippen LogP contribution is -2.08. The standard InChI is InChI=1S/C26H26BrFN6O3/c1-16(37-23-9-19(27)12-29-25(23)34(35)36)22-10-20(28)4-5-21(22)24-18(14-32(3)31-24)8-17-11-30-33(13-17)15-26(2)6-7-26/h4-5,9-14,16H,6-8,15H2,1-3H3/t16-/m1/s1. The van der Waals surface area contributed by atoms with Gasteiger partial charge in [0.05, 0.1) is 16.4 Å². The van der Waals surface area contributed by atoms with E-state index < -0.39 is 22.7 Å². The van der Waals surface area contributed by atoms with E-state index in [4.69, 9.17) is 4.74 Å². The lowest BCUT2D eigenvalue weighted by atomic mass is 9.96. The largest absolute Gasteiger partial charge is 0.478 e. The molecule has 1 fully saturated rings. The van der Waals surface area contributed by atoms with E-state index in [-0.39, 0.29) is 5.75 Å². The Morgan fingerprint density at radius 1 is 1.27 bits per heavy atom. The zero-order chi connectivity index (χ0) is 26.3. The molecule has 37 heavy (non-hydrogen) atoms. The number of halogens is 2. The Hall–Kier alpha value is -3.60. The van der Waals surface area contributed by atoms with Crippen LogP contribution in [-0.4, -0.2) is 29.5 Å². The van der Waals surface area contributed by atoms with Crippen molar-refractivity contribution in [2.75, 3.05) is 0 Å². The molecule has 0 saturated heterocycles. The molecule has 3 aromatic heterocycles. The number of rotatable bonds is 9. The molecule has 11 heteroatoms. The fourth-order valence-electron chi connectivity index (χ4n) is 4.44. The molecule has 4 aromatic rings. The van der Waals surface area contributed by atoms with Gasteiger partial charge in [-0.05, 0) is 74.8 Å². The first-order chi connectivity index (χ1) is 17.6. The number of nitrogens with zero attached hydrogens (tertiary/aromatic N) is 6. The van der Waals surface area contributed by atoms with Crippen molar-refractivity contribution in [2.24, 2.45) is 12.5 Å². The minimum absolute atomic E-state index is 0.0138. The predicted molar refractivity (Wildman–Crippen MR) is 139 cm³/mol. The van der Waals surface area contributed by atoms with Crippen LogP contribution >= 0.6 is 15.9 Å². The first-order valence-corrected chi connectivity index (χ1v) is 12.7. The van der Waals surface area contributed by atoms with Crippen molar-refractivity contribution in [3.8, 4) is 17.0 Å². The van der Waals surface area contributed by atoms with E-state index in [2.05, 4.69) is 44.2 Å². The fourth-order valence-corrected chi connectivity index (χ4v) is 4.75. The minimum atomic E-state index is -0.725. The van der Waals surface area contributed by atoms with Crippen molar-refractivity contribution in [2.45, 2.75) is 45.8 Å². The Balaban J connectivity index is 1.46. The molecular formula is C26H26BrFN6O3. The van der Waals surface area contributed by atoms with Crippen LogP contribution in [0, 0.1) is 21.3 Å². The number of hydrogen-bond donors (Lipinski definition) is 0. The molecule has 0 amide bonds. The molecule has 0 unspecified atom stereocenters. The van der Waals surface area contributed by atoms with Gasteiger partial charge in [0.15, 0.2) is 6.20 Å². The van der Waals surface area contributed by atoms with Crippen molar-refractivity contribution < 1.29 is 14.1 Å². The van der Waals surface area contributed by atoms with Crippen molar-refractivity contribution >= 4 is 21.7 Å². The molecular weight excluding hydrogens is 543 g/mol. The van der Waals surface area contributed by atoms with Crippen molar-refractivity contribution in [1.29, 1.82) is 0 Å². The topological polar surface area (TPSA) is 101 Å². The first kappa shape index (κ1) is 25.1. The number of aromatic nitrogens is 5. The van der Waals surface area contributed by atoms with Gasteiger partial charge < -0.3 is 14.9 Å². The van der Waals surface area contributed by atoms with Crippen molar-refractivity contribution in [3.63, 3.8) is 0 Å². The minimum Gasteiger partial charge on any atom is -0.478 e. The Bertz CT molecular complexity index is 1480. The molecule has 0 N–H and O–H groups in total. The van der Waals surface area contributed by atoms with Crippen LogP contribution in [0.25, 0.3) is 11.3 Å². The van der Waals surface area contributed by atoms with Gasteiger partial charge in [0.2, 0.25) is 5.75 Å². The second-order valence-corrected chi connectivity index (χ2v) is 10.8. The maximum absolute atomic E-state index is 14.4. The molecule has 0 radical (unpaired) electrons. The summed E-state index contributed by atoms with van der Waals surface area (Å²) >= 11 is 3.27. The van der Waals surface area contributed by atoms with E-state index in [1.165, 1.54) is 37.2 Å². The highest BCUT2D eigenvalue weighted by atomic mass is 79.9. The molecule has 0 bridgehead atoms. The van der Waals surface area contributed by atoms with Gasteiger partial charge in [0.25, 0.3) is 0 Å². The normalized spacial score (nSPS) is 14.9. The maximum atomic E-state index is 14.4. The van der Waals surface area contributed by atoms with Crippen LogP contribution in [0.2, 0.25) is 0 Å². The molecule has 1 aliphatic carbocycles. The second kappa shape index (κ2) is 9.70. The molecule has 1 aromatic carbocycles. The molecule has 0 aliphatic heterocycles. The van der Waals surface area contributed by atoms with Crippen LogP contribution < -0.4 is 4.74 Å². The summed E-state index contributed by atoms with van der Waals surface area (Å²) in [5.74, 6) is -0.868. The van der Waals surface area contributed by atoms with Gasteiger partial charge >= 0.3 is 5.82 Å². The van der Waals surface area contributed by atoms with Gasteiger partial charge in [-0.25, -0.2) is 4.39 Å². The molecule has 1 saturated carbocycles. The average Bonchev–Trinajstić information content (AvgIpc) is 3.21. The summed E-state index contributed by atoms with van der Waals surface area (Å²) in [5, 5.41) is 20.7. The van der Waals surface area contributed by atoms with Gasteiger partial charge in [-0.3, -0.25) is 9.36 Å². The summed E-state index contributed by atoms with van der Waals surface area (Å²) in [6.07, 6.45) is 9.54. The van der Waals surface area contributed by atoms with Crippen molar-refractivity contribution in [3.05, 3.63) is 86.1 Å². The molecule has 1 atom stereocenters. The molecule has 9 nitrogen and oxygen atoms in total. The molecule has 192 valence electrons. The summed E-state index contributed by atoms with van der Waals surface area (Å²) in [4.78, 5) is 14.7. The quantitative estimate of drug-likeness (QED) is 0.181. The number of aryl methyl sites for hydroxylation is 1. The second-order valence-electron chi connectivity index (χ2n) is 9.93. The third-order valence-corrected chi connectivity index (χ3v) is 7.05. The highest BCUT2D eigenvalue weighted by Gasteiger charge is 2.37. The summed E-state index contributed by atoms with van der Waals surface area (Å²) in [5.41, 5.74) is 4.26. The number of ether oxygens (including phenoxy) is 1. The van der Waals surface area contributed by atoms with E-state index in [0.29, 0.717) is 33.1 Å². The van der Waals surface area contributed by atoms with Crippen LogP contribution in [0.4, 0.5) is 10.2 Å². The van der Waals surface area contributed by atoms with Gasteiger partial charge in [0.1, 0.15) is 11.9 Å². The van der Waals surface area contributed by atoms with Gasteiger partial charge in [-0.15, -0.1) is 0 Å². The third kappa shape index (κ3) is 5.56. The molecule has 1 aliphatic rings. The van der Waals surface area contributed by atoms with Crippen molar-refractivity contribution in [1.82, 2.24) is 24.5 Å². The van der Waals surface area contributed by atoms with E-state index in [9.17, 15) is 14.5 Å². The van der Waals surface area contributed by atoms with E-state index in [0.717, 1.165) is 17.7 Å². The van der Waals surface area contributed by atoms with E-state index >= 15 is 0 Å². The molecule has 5 rings (SSSR count). The van der Waals surface area contributed by atoms with Crippen LogP contribution in [0.15, 0.2) is 53.5 Å². The lowest BCUT2D eigenvalue weighted by molar-refractivity contribution is -0.390. The summed E-state index contributed by atoms with van der Waals surface area (Å²) < 4.78 is 24.6. The zero-order valence-corrected chi connectivity index (χ0v) is 22.3. The summed E-state index contributed by atoms with van der Waals surface area (Å²) in [6.45, 7) is 4.89. The molecule has 0 spiro atoms. The fraction of sp³-hybridized carbons (Fsp3) is 0.346. The summed E-state index contributed by atoms with van der Waals surface area (Å²) in [6, 6.07) is 5.90. The van der Waals surface area contributed by atoms with Crippen LogP contribution in [0.3, 0.4) is 0 Å². The number of hydrogen-bond acceptors (Lipinski definition) is 6. The third-order valence-electron chi connectivity index (χ3n) is 6.62. The number of nitro groups is 1. The van der Waals surface area contributed by atoms with Gasteiger partial charge in [-0.2, -0.15) is 10.2 Å². The van der Waals surface area contributed by atoms with Crippen LogP contribution in [-0.2, 0) is 20.0 Å². The summed E-state index contributed by atoms with van der Waals surface area (Å²) in [7, 11) is 1.84. The number of pyridine rings is 1. The lowest BCUT2D eigenvalue weighted by Gasteiger charge is -2.18. The monoisotopic (exact) mass is 568 g/mol. The molecule has 3 heterocycles. The highest BCUT2D eigenvalue weighted by molar-refractivity contribution is 9.10. The Kier molecular flexibility index (Phi) is 6.57. The Morgan fingerprint density at radius 3 is 2.78 bits per heavy atom. The Labute approximate surface area is 221 Å². The zero-order valence-electron chi connectivity index (χ0n) is 20.7.